The molecule has 4 rings (SSSR count). The topological polar surface area (TPSA) is 77.2 Å². The van der Waals surface area contributed by atoms with Crippen LogP contribution in [0.1, 0.15) is 10.6 Å². The van der Waals surface area contributed by atoms with Gasteiger partial charge in [-0.05, 0) is 13.0 Å². The van der Waals surface area contributed by atoms with Crippen LogP contribution in [0.2, 0.25) is 0 Å². The fourth-order valence-corrected chi connectivity index (χ4v) is 4.41. The maximum atomic E-state index is 6.15. The van der Waals surface area contributed by atoms with Crippen LogP contribution in [0.4, 0.5) is 5.82 Å². The Morgan fingerprint density at radius 1 is 1.26 bits per heavy atom. The van der Waals surface area contributed by atoms with E-state index in [1.165, 1.54) is 4.88 Å². The van der Waals surface area contributed by atoms with Crippen LogP contribution in [0.15, 0.2) is 11.4 Å². The summed E-state index contributed by atoms with van der Waals surface area (Å²) in [6.45, 7) is 6.43. The minimum Gasteiger partial charge on any atom is -0.383 e. The van der Waals surface area contributed by atoms with Crippen LogP contribution >= 0.6 is 22.7 Å². The Kier molecular flexibility index (Phi) is 3.98. The lowest BCUT2D eigenvalue weighted by Crippen LogP contribution is -2.35. The third-order valence-corrected chi connectivity index (χ3v) is 5.74. The zero-order chi connectivity index (χ0) is 15.8. The van der Waals surface area contributed by atoms with Crippen molar-refractivity contribution in [2.24, 2.45) is 0 Å². The molecular formula is C15H17N5OS2. The highest BCUT2D eigenvalue weighted by molar-refractivity contribution is 7.18. The number of morpholine rings is 1. The number of nitrogens with zero attached hydrogens (tertiary/aromatic N) is 4. The molecule has 1 fully saturated rings. The number of hydrogen-bond donors (Lipinski definition) is 1. The van der Waals surface area contributed by atoms with Gasteiger partial charge in [0.2, 0.25) is 0 Å². The minimum atomic E-state index is 0.530. The lowest BCUT2D eigenvalue weighted by molar-refractivity contribution is 0.0346. The molecule has 1 saturated heterocycles. The standard InChI is InChI=1S/C15H17N5OS2/c1-9-8-22-15(17-9)13-18-12(16)11-6-10(23-14(11)19-13)7-20-2-4-21-5-3-20/h6,8H,2-5,7H2,1H3,(H2,16,18,19). The van der Waals surface area contributed by atoms with Gasteiger partial charge in [-0.25, -0.2) is 15.0 Å². The van der Waals surface area contributed by atoms with Crippen molar-refractivity contribution in [2.45, 2.75) is 13.5 Å². The molecule has 23 heavy (non-hydrogen) atoms. The Balaban J connectivity index is 1.66. The Hall–Kier alpha value is -1.61. The Morgan fingerprint density at radius 2 is 2.09 bits per heavy atom. The number of rotatable bonds is 3. The normalized spacial score (nSPS) is 16.2. The fourth-order valence-electron chi connectivity index (χ4n) is 2.60. The monoisotopic (exact) mass is 347 g/mol. The highest BCUT2D eigenvalue weighted by Gasteiger charge is 2.16. The molecule has 8 heteroatoms. The van der Waals surface area contributed by atoms with Gasteiger partial charge in [-0.15, -0.1) is 22.7 Å². The summed E-state index contributed by atoms with van der Waals surface area (Å²) in [6.07, 6.45) is 0. The number of aromatic nitrogens is 3. The molecule has 0 aromatic carbocycles. The highest BCUT2D eigenvalue weighted by atomic mass is 32.1. The van der Waals surface area contributed by atoms with Crippen LogP contribution in [0.25, 0.3) is 21.0 Å². The van der Waals surface area contributed by atoms with Crippen molar-refractivity contribution in [1.29, 1.82) is 0 Å². The first-order valence-corrected chi connectivity index (χ1v) is 9.17. The van der Waals surface area contributed by atoms with Crippen molar-refractivity contribution >= 4 is 38.7 Å². The third kappa shape index (κ3) is 3.07. The molecule has 2 N–H and O–H groups in total. The van der Waals surface area contributed by atoms with E-state index in [0.717, 1.165) is 53.8 Å². The van der Waals surface area contributed by atoms with E-state index in [4.69, 9.17) is 10.5 Å². The van der Waals surface area contributed by atoms with E-state index in [9.17, 15) is 0 Å². The first-order valence-electron chi connectivity index (χ1n) is 7.47. The van der Waals surface area contributed by atoms with E-state index >= 15 is 0 Å². The van der Waals surface area contributed by atoms with Gasteiger partial charge in [-0.2, -0.15) is 0 Å². The van der Waals surface area contributed by atoms with Crippen molar-refractivity contribution in [1.82, 2.24) is 19.9 Å². The number of ether oxygens (including phenoxy) is 1. The largest absolute Gasteiger partial charge is 0.383 e. The Morgan fingerprint density at radius 3 is 2.83 bits per heavy atom. The fraction of sp³-hybridized carbons (Fsp3) is 0.400. The van der Waals surface area contributed by atoms with E-state index in [0.29, 0.717) is 11.6 Å². The van der Waals surface area contributed by atoms with E-state index in [1.54, 1.807) is 22.7 Å². The smallest absolute Gasteiger partial charge is 0.192 e. The lowest BCUT2D eigenvalue weighted by Gasteiger charge is -2.25. The molecule has 0 bridgehead atoms. The maximum absolute atomic E-state index is 6.15. The minimum absolute atomic E-state index is 0.530. The predicted octanol–water partition coefficient (Wildman–Crippen LogP) is 2.54. The van der Waals surface area contributed by atoms with Crippen LogP contribution in [-0.2, 0) is 11.3 Å². The molecule has 3 aromatic rings. The summed E-state index contributed by atoms with van der Waals surface area (Å²) < 4.78 is 5.40. The van der Waals surface area contributed by atoms with Gasteiger partial charge in [0.25, 0.3) is 0 Å². The van der Waals surface area contributed by atoms with Crippen molar-refractivity contribution in [3.05, 3.63) is 22.0 Å². The lowest BCUT2D eigenvalue weighted by atomic mass is 10.3. The van der Waals surface area contributed by atoms with Crippen molar-refractivity contribution in [3.8, 4) is 10.8 Å². The Labute approximate surface area is 142 Å². The van der Waals surface area contributed by atoms with E-state index in [-0.39, 0.29) is 0 Å². The molecule has 1 aliphatic rings. The zero-order valence-corrected chi connectivity index (χ0v) is 14.4. The molecule has 0 amide bonds. The van der Waals surface area contributed by atoms with Gasteiger partial charge in [0.1, 0.15) is 10.6 Å². The van der Waals surface area contributed by atoms with Gasteiger partial charge in [-0.3, -0.25) is 4.90 Å². The van der Waals surface area contributed by atoms with E-state index in [2.05, 4.69) is 25.9 Å². The average Bonchev–Trinajstić information content (AvgIpc) is 3.14. The number of thiazole rings is 1. The molecule has 120 valence electrons. The average molecular weight is 347 g/mol. The zero-order valence-electron chi connectivity index (χ0n) is 12.8. The number of aryl methyl sites for hydroxylation is 1. The first-order chi connectivity index (χ1) is 11.2. The quantitative estimate of drug-likeness (QED) is 0.784. The number of nitrogen functional groups attached to an aromatic ring is 1. The van der Waals surface area contributed by atoms with Crippen LogP contribution in [0, 0.1) is 6.92 Å². The molecule has 0 radical (unpaired) electrons. The second-order valence-corrected chi connectivity index (χ2v) is 7.52. The second kappa shape index (κ2) is 6.12. The van der Waals surface area contributed by atoms with E-state index in [1.807, 2.05) is 12.3 Å². The van der Waals surface area contributed by atoms with Crippen molar-refractivity contribution in [3.63, 3.8) is 0 Å². The summed E-state index contributed by atoms with van der Waals surface area (Å²) in [6, 6.07) is 2.11. The summed E-state index contributed by atoms with van der Waals surface area (Å²) in [5.74, 6) is 1.15. The van der Waals surface area contributed by atoms with Crippen LogP contribution in [0.5, 0.6) is 0 Å². The first kappa shape index (κ1) is 14.9. The molecule has 6 nitrogen and oxygen atoms in total. The van der Waals surface area contributed by atoms with Gasteiger partial charge in [0, 0.05) is 35.6 Å². The molecular weight excluding hydrogens is 330 g/mol. The van der Waals surface area contributed by atoms with Gasteiger partial charge in [0.05, 0.1) is 18.6 Å². The number of nitrogens with two attached hydrogens (primary N) is 1. The highest BCUT2D eigenvalue weighted by Crippen LogP contribution is 2.31. The van der Waals surface area contributed by atoms with E-state index < -0.39 is 0 Å². The van der Waals surface area contributed by atoms with Gasteiger partial charge in [0.15, 0.2) is 10.8 Å². The van der Waals surface area contributed by atoms with Gasteiger partial charge < -0.3 is 10.5 Å². The predicted molar refractivity (Wildman–Crippen MR) is 93.8 cm³/mol. The maximum Gasteiger partial charge on any atom is 0.192 e. The molecule has 0 saturated carbocycles. The van der Waals surface area contributed by atoms with Gasteiger partial charge in [-0.1, -0.05) is 0 Å². The summed E-state index contributed by atoms with van der Waals surface area (Å²) in [5.41, 5.74) is 7.12. The second-order valence-electron chi connectivity index (χ2n) is 5.55. The van der Waals surface area contributed by atoms with Crippen LogP contribution in [0.3, 0.4) is 0 Å². The third-order valence-electron chi connectivity index (χ3n) is 3.77. The van der Waals surface area contributed by atoms with Crippen molar-refractivity contribution < 1.29 is 4.74 Å². The number of thiophene rings is 1. The van der Waals surface area contributed by atoms with Crippen molar-refractivity contribution in [2.75, 3.05) is 32.0 Å². The number of anilines is 1. The molecule has 0 atom stereocenters. The number of fused-ring (bicyclic) bond motifs is 1. The molecule has 1 aliphatic heterocycles. The SMILES string of the molecule is Cc1csc(-c2nc(N)c3cc(CN4CCOCC4)sc3n2)n1. The Bertz CT molecular complexity index is 838. The van der Waals surface area contributed by atoms with Crippen LogP contribution in [-0.4, -0.2) is 46.2 Å². The molecule has 0 aliphatic carbocycles. The number of hydrogen-bond acceptors (Lipinski definition) is 8. The van der Waals surface area contributed by atoms with Crippen LogP contribution < -0.4 is 5.73 Å². The summed E-state index contributed by atoms with van der Waals surface area (Å²) in [7, 11) is 0. The molecule has 0 spiro atoms. The molecule has 4 heterocycles. The summed E-state index contributed by atoms with van der Waals surface area (Å²) in [5, 5.41) is 3.76. The molecule has 0 unspecified atom stereocenters. The summed E-state index contributed by atoms with van der Waals surface area (Å²) in [4.78, 5) is 18.1. The summed E-state index contributed by atoms with van der Waals surface area (Å²) >= 11 is 3.23. The van der Waals surface area contributed by atoms with Gasteiger partial charge >= 0.3 is 0 Å². The molecule has 3 aromatic heterocycles.